The zero-order valence-corrected chi connectivity index (χ0v) is 18.2. The highest BCUT2D eigenvalue weighted by molar-refractivity contribution is 5.95. The van der Waals surface area contributed by atoms with E-state index in [1.54, 1.807) is 18.3 Å². The number of amides is 1. The number of rotatable bonds is 7. The lowest BCUT2D eigenvalue weighted by Gasteiger charge is -2.08. The van der Waals surface area contributed by atoms with Crippen molar-refractivity contribution in [1.29, 1.82) is 0 Å². The molecule has 7 heteroatoms. The fraction of sp³-hybridized carbons (Fsp3) is 0.0769. The Labute approximate surface area is 192 Å². The SMILES string of the molecule is Cc1ccc(NN=Cc2nc(-c3cccc(C(=O)NCc4ccccc4)c3)cnc2N)cc1. The second kappa shape index (κ2) is 10.2. The first-order valence-electron chi connectivity index (χ1n) is 10.5. The van der Waals surface area contributed by atoms with E-state index >= 15 is 0 Å². The predicted octanol–water partition coefficient (Wildman–Crippen LogP) is 4.41. The average molecular weight is 437 g/mol. The topological polar surface area (TPSA) is 105 Å². The van der Waals surface area contributed by atoms with E-state index in [1.807, 2.05) is 73.7 Å². The number of benzene rings is 3. The van der Waals surface area contributed by atoms with Crippen LogP contribution in [0.25, 0.3) is 11.3 Å². The molecule has 0 bridgehead atoms. The lowest BCUT2D eigenvalue weighted by atomic mass is 10.1. The van der Waals surface area contributed by atoms with Crippen LogP contribution >= 0.6 is 0 Å². The highest BCUT2D eigenvalue weighted by atomic mass is 16.1. The number of aryl methyl sites for hydroxylation is 1. The zero-order chi connectivity index (χ0) is 23.0. The Morgan fingerprint density at radius 1 is 1.03 bits per heavy atom. The lowest BCUT2D eigenvalue weighted by molar-refractivity contribution is 0.0951. The number of nitrogens with zero attached hydrogens (tertiary/aromatic N) is 3. The van der Waals surface area contributed by atoms with Gasteiger partial charge in [0.25, 0.3) is 5.91 Å². The van der Waals surface area contributed by atoms with E-state index in [9.17, 15) is 4.79 Å². The molecule has 0 aliphatic rings. The standard InChI is InChI=1S/C26H24N6O/c1-18-10-12-22(13-11-18)32-30-17-24-25(27)28-16-23(31-24)20-8-5-9-21(14-20)26(33)29-15-19-6-3-2-4-7-19/h2-14,16-17,32H,15H2,1H3,(H2,27,28)(H,29,33). The Bertz CT molecular complexity index is 1270. The number of hydrogen-bond acceptors (Lipinski definition) is 6. The van der Waals surface area contributed by atoms with Crippen LogP contribution in [0.5, 0.6) is 0 Å². The van der Waals surface area contributed by atoms with Gasteiger partial charge in [0.1, 0.15) is 5.69 Å². The van der Waals surface area contributed by atoms with Crippen molar-refractivity contribution in [3.05, 3.63) is 107 Å². The van der Waals surface area contributed by atoms with Crippen molar-refractivity contribution in [2.24, 2.45) is 5.10 Å². The molecule has 0 unspecified atom stereocenters. The summed E-state index contributed by atoms with van der Waals surface area (Å²) in [5.74, 6) is 0.109. The highest BCUT2D eigenvalue weighted by Crippen LogP contribution is 2.19. The van der Waals surface area contributed by atoms with Crippen molar-refractivity contribution in [2.75, 3.05) is 11.2 Å². The van der Waals surface area contributed by atoms with Crippen molar-refractivity contribution >= 4 is 23.6 Å². The molecule has 4 N–H and O–H groups in total. The van der Waals surface area contributed by atoms with E-state index < -0.39 is 0 Å². The normalized spacial score (nSPS) is 10.8. The summed E-state index contributed by atoms with van der Waals surface area (Å²) >= 11 is 0. The van der Waals surface area contributed by atoms with E-state index in [0.717, 1.165) is 16.8 Å². The Morgan fingerprint density at radius 3 is 2.61 bits per heavy atom. The molecule has 0 saturated heterocycles. The number of nitrogens with one attached hydrogen (secondary N) is 2. The van der Waals surface area contributed by atoms with Crippen LogP contribution in [0.1, 0.15) is 27.2 Å². The van der Waals surface area contributed by atoms with E-state index in [0.29, 0.717) is 23.5 Å². The molecular formula is C26H24N6O. The molecule has 4 aromatic rings. The summed E-state index contributed by atoms with van der Waals surface area (Å²) in [6, 6.07) is 24.9. The van der Waals surface area contributed by atoms with Gasteiger partial charge in [-0.1, -0.05) is 60.2 Å². The molecule has 33 heavy (non-hydrogen) atoms. The predicted molar refractivity (Wildman–Crippen MR) is 132 cm³/mol. The molecule has 1 heterocycles. The maximum atomic E-state index is 12.6. The van der Waals surface area contributed by atoms with Gasteiger partial charge >= 0.3 is 0 Å². The summed E-state index contributed by atoms with van der Waals surface area (Å²) in [6.45, 7) is 2.48. The number of nitrogens with two attached hydrogens (primary N) is 1. The minimum absolute atomic E-state index is 0.159. The molecule has 1 aromatic heterocycles. The fourth-order valence-electron chi connectivity index (χ4n) is 3.14. The van der Waals surface area contributed by atoms with Gasteiger partial charge in [-0.2, -0.15) is 5.10 Å². The third-order valence-electron chi connectivity index (χ3n) is 4.98. The van der Waals surface area contributed by atoms with Gasteiger partial charge < -0.3 is 11.1 Å². The number of aromatic nitrogens is 2. The molecule has 3 aromatic carbocycles. The number of hydrogen-bond donors (Lipinski definition) is 3. The van der Waals surface area contributed by atoms with Crippen LogP contribution in [0.2, 0.25) is 0 Å². The Balaban J connectivity index is 1.48. The molecule has 0 atom stereocenters. The molecule has 164 valence electrons. The van der Waals surface area contributed by atoms with Crippen LogP contribution in [0.4, 0.5) is 11.5 Å². The summed E-state index contributed by atoms with van der Waals surface area (Å²) in [7, 11) is 0. The minimum Gasteiger partial charge on any atom is -0.382 e. The Hall–Kier alpha value is -4.52. The first-order valence-corrected chi connectivity index (χ1v) is 10.5. The van der Waals surface area contributed by atoms with E-state index in [-0.39, 0.29) is 11.7 Å². The number of carbonyl (C=O) groups is 1. The largest absolute Gasteiger partial charge is 0.382 e. The summed E-state index contributed by atoms with van der Waals surface area (Å²) < 4.78 is 0. The zero-order valence-electron chi connectivity index (χ0n) is 18.2. The van der Waals surface area contributed by atoms with Crippen LogP contribution < -0.4 is 16.5 Å². The highest BCUT2D eigenvalue weighted by Gasteiger charge is 2.10. The molecule has 0 saturated carbocycles. The molecule has 0 aliphatic carbocycles. The van der Waals surface area contributed by atoms with Crippen LogP contribution in [-0.2, 0) is 6.54 Å². The summed E-state index contributed by atoms with van der Waals surface area (Å²) in [6.07, 6.45) is 3.11. The fourth-order valence-corrected chi connectivity index (χ4v) is 3.14. The molecule has 7 nitrogen and oxygen atoms in total. The van der Waals surface area contributed by atoms with Crippen LogP contribution in [0.15, 0.2) is 90.2 Å². The van der Waals surface area contributed by atoms with Crippen molar-refractivity contribution in [3.8, 4) is 11.3 Å². The molecule has 0 aliphatic heterocycles. The van der Waals surface area contributed by atoms with E-state index in [4.69, 9.17) is 5.73 Å². The first kappa shape index (κ1) is 21.7. The van der Waals surface area contributed by atoms with Gasteiger partial charge in [0.05, 0.1) is 23.8 Å². The average Bonchev–Trinajstić information content (AvgIpc) is 2.85. The molecular weight excluding hydrogens is 412 g/mol. The maximum absolute atomic E-state index is 12.6. The lowest BCUT2D eigenvalue weighted by Crippen LogP contribution is -2.22. The van der Waals surface area contributed by atoms with E-state index in [1.165, 1.54) is 11.8 Å². The summed E-state index contributed by atoms with van der Waals surface area (Å²) in [5.41, 5.74) is 14.3. The quantitative estimate of drug-likeness (QED) is 0.294. The number of anilines is 2. The number of carbonyl (C=O) groups excluding carboxylic acids is 1. The van der Waals surface area contributed by atoms with Gasteiger partial charge in [0, 0.05) is 17.7 Å². The second-order valence-corrected chi connectivity index (χ2v) is 7.51. The second-order valence-electron chi connectivity index (χ2n) is 7.51. The van der Waals surface area contributed by atoms with Gasteiger partial charge in [0.15, 0.2) is 5.82 Å². The monoisotopic (exact) mass is 436 g/mol. The van der Waals surface area contributed by atoms with Crippen LogP contribution in [0, 0.1) is 6.92 Å². The number of hydrazone groups is 1. The third-order valence-corrected chi connectivity index (χ3v) is 4.98. The molecule has 0 spiro atoms. The van der Waals surface area contributed by atoms with Crippen molar-refractivity contribution in [2.45, 2.75) is 13.5 Å². The maximum Gasteiger partial charge on any atom is 0.251 e. The van der Waals surface area contributed by atoms with Gasteiger partial charge in [-0.05, 0) is 36.8 Å². The molecule has 0 radical (unpaired) electrons. The van der Waals surface area contributed by atoms with Crippen molar-refractivity contribution in [3.63, 3.8) is 0 Å². The molecule has 1 amide bonds. The Kier molecular flexibility index (Phi) is 6.70. The van der Waals surface area contributed by atoms with Gasteiger partial charge in [-0.25, -0.2) is 9.97 Å². The van der Waals surface area contributed by atoms with Gasteiger partial charge in [-0.15, -0.1) is 0 Å². The number of nitrogen functional groups attached to an aromatic ring is 1. The smallest absolute Gasteiger partial charge is 0.251 e. The summed E-state index contributed by atoms with van der Waals surface area (Å²) in [4.78, 5) is 21.4. The first-order chi connectivity index (χ1) is 16.1. The molecule has 0 fully saturated rings. The van der Waals surface area contributed by atoms with Crippen LogP contribution in [0.3, 0.4) is 0 Å². The summed E-state index contributed by atoms with van der Waals surface area (Å²) in [5, 5.41) is 7.15. The molecule has 4 rings (SSSR count). The van der Waals surface area contributed by atoms with E-state index in [2.05, 4.69) is 25.8 Å². The third kappa shape index (κ3) is 5.80. The van der Waals surface area contributed by atoms with Crippen LogP contribution in [-0.4, -0.2) is 22.1 Å². The van der Waals surface area contributed by atoms with Crippen molar-refractivity contribution < 1.29 is 4.79 Å². The minimum atomic E-state index is -0.159. The van der Waals surface area contributed by atoms with Gasteiger partial charge in [0.2, 0.25) is 0 Å². The van der Waals surface area contributed by atoms with Gasteiger partial charge in [-0.3, -0.25) is 10.2 Å². The van der Waals surface area contributed by atoms with Crippen molar-refractivity contribution in [1.82, 2.24) is 15.3 Å². The Morgan fingerprint density at radius 2 is 1.82 bits per heavy atom.